The van der Waals surface area contributed by atoms with Crippen LogP contribution in [0, 0.1) is 0 Å². The highest BCUT2D eigenvalue weighted by Crippen LogP contribution is 2.45. The topological polar surface area (TPSA) is 35.5 Å². The molecule has 19 heavy (non-hydrogen) atoms. The smallest absolute Gasteiger partial charge is 0.179 e. The van der Waals surface area contributed by atoms with Crippen LogP contribution >= 0.6 is 11.6 Å². The number of rotatable bonds is 6. The molecular formula is C15H21ClO3. The largest absolute Gasteiger partial charge is 0.492 e. The summed E-state index contributed by atoms with van der Waals surface area (Å²) in [7, 11) is 3.18. The van der Waals surface area contributed by atoms with Gasteiger partial charge in [-0.1, -0.05) is 32.4 Å². The lowest BCUT2D eigenvalue weighted by Crippen LogP contribution is -2.06. The molecule has 1 aromatic carbocycles. The van der Waals surface area contributed by atoms with Crippen LogP contribution in [0.2, 0.25) is 5.02 Å². The second-order valence-corrected chi connectivity index (χ2v) is 5.29. The first-order valence-electron chi connectivity index (χ1n) is 6.35. The van der Waals surface area contributed by atoms with Crippen LogP contribution in [0.5, 0.6) is 11.5 Å². The van der Waals surface area contributed by atoms with E-state index in [4.69, 9.17) is 21.1 Å². The molecule has 0 N–H and O–H groups in total. The zero-order chi connectivity index (χ0) is 14.6. The molecule has 1 aromatic rings. The van der Waals surface area contributed by atoms with Gasteiger partial charge in [0.05, 0.1) is 19.2 Å². The van der Waals surface area contributed by atoms with Crippen LogP contribution in [0.4, 0.5) is 0 Å². The zero-order valence-electron chi connectivity index (χ0n) is 12.1. The number of carbonyl (C=O) groups is 1. The van der Waals surface area contributed by atoms with Crippen molar-refractivity contribution in [1.82, 2.24) is 0 Å². The van der Waals surface area contributed by atoms with Crippen molar-refractivity contribution in [3.05, 3.63) is 22.2 Å². The van der Waals surface area contributed by atoms with Gasteiger partial charge in [0.15, 0.2) is 11.5 Å². The standard InChI is InChI=1S/C15H21ClO3/c1-9(2)13-11(10(3)6-7-17)8-12(16)14(18-4)15(13)19-5/h7-10H,6H2,1-5H3. The van der Waals surface area contributed by atoms with Crippen molar-refractivity contribution >= 4 is 17.9 Å². The molecular weight excluding hydrogens is 264 g/mol. The van der Waals surface area contributed by atoms with Crippen LogP contribution in [0.15, 0.2) is 6.07 Å². The van der Waals surface area contributed by atoms with E-state index < -0.39 is 0 Å². The van der Waals surface area contributed by atoms with E-state index in [0.29, 0.717) is 22.9 Å². The van der Waals surface area contributed by atoms with Gasteiger partial charge in [-0.05, 0) is 23.5 Å². The Labute approximate surface area is 119 Å². The van der Waals surface area contributed by atoms with E-state index in [1.165, 1.54) is 0 Å². The van der Waals surface area contributed by atoms with E-state index in [-0.39, 0.29) is 11.8 Å². The SMILES string of the molecule is COc1c(Cl)cc(C(C)CC=O)c(C(C)C)c1OC. The van der Waals surface area contributed by atoms with Crippen LogP contribution in [0.1, 0.15) is 50.2 Å². The quantitative estimate of drug-likeness (QED) is 0.735. The van der Waals surface area contributed by atoms with E-state index in [1.54, 1.807) is 14.2 Å². The molecule has 1 rings (SSSR count). The summed E-state index contributed by atoms with van der Waals surface area (Å²) < 4.78 is 10.8. The molecule has 4 heteroatoms. The van der Waals surface area contributed by atoms with E-state index in [2.05, 4.69) is 13.8 Å². The first kappa shape index (κ1) is 15.8. The molecule has 106 valence electrons. The van der Waals surface area contributed by atoms with Crippen molar-refractivity contribution in [1.29, 1.82) is 0 Å². The summed E-state index contributed by atoms with van der Waals surface area (Å²) in [5.74, 6) is 1.57. The zero-order valence-corrected chi connectivity index (χ0v) is 12.9. The van der Waals surface area contributed by atoms with Crippen LogP contribution in [0.3, 0.4) is 0 Å². The predicted octanol–water partition coefficient (Wildman–Crippen LogP) is 4.17. The van der Waals surface area contributed by atoms with Gasteiger partial charge in [0.25, 0.3) is 0 Å². The van der Waals surface area contributed by atoms with Crippen LogP contribution < -0.4 is 9.47 Å². The molecule has 3 nitrogen and oxygen atoms in total. The molecule has 0 radical (unpaired) electrons. The number of carbonyl (C=O) groups excluding carboxylic acids is 1. The Kier molecular flexibility index (Phi) is 5.67. The normalized spacial score (nSPS) is 12.4. The summed E-state index contributed by atoms with van der Waals surface area (Å²) in [6, 6.07) is 1.88. The Morgan fingerprint density at radius 2 is 1.79 bits per heavy atom. The van der Waals surface area contributed by atoms with E-state index >= 15 is 0 Å². The second-order valence-electron chi connectivity index (χ2n) is 4.89. The average molecular weight is 285 g/mol. The van der Waals surface area contributed by atoms with Gasteiger partial charge in [0.2, 0.25) is 0 Å². The predicted molar refractivity (Wildman–Crippen MR) is 77.7 cm³/mol. The van der Waals surface area contributed by atoms with Gasteiger partial charge in [-0.2, -0.15) is 0 Å². The minimum atomic E-state index is 0.104. The molecule has 0 spiro atoms. The number of ether oxygens (including phenoxy) is 2. The van der Waals surface area contributed by atoms with Crippen LogP contribution in [-0.4, -0.2) is 20.5 Å². The lowest BCUT2D eigenvalue weighted by molar-refractivity contribution is -0.108. The highest BCUT2D eigenvalue weighted by Gasteiger charge is 2.23. The molecule has 1 unspecified atom stereocenters. The Morgan fingerprint density at radius 3 is 2.21 bits per heavy atom. The molecule has 0 bridgehead atoms. The first-order chi connectivity index (χ1) is 8.97. The van der Waals surface area contributed by atoms with Gasteiger partial charge >= 0.3 is 0 Å². The number of halogens is 1. The number of methoxy groups -OCH3 is 2. The number of hydrogen-bond acceptors (Lipinski definition) is 3. The first-order valence-corrected chi connectivity index (χ1v) is 6.73. The molecule has 0 saturated carbocycles. The van der Waals surface area contributed by atoms with Gasteiger partial charge in [-0.15, -0.1) is 0 Å². The second kappa shape index (κ2) is 6.80. The summed E-state index contributed by atoms with van der Waals surface area (Å²) in [5, 5.41) is 0.511. The lowest BCUT2D eigenvalue weighted by atomic mass is 9.87. The molecule has 0 heterocycles. The minimum Gasteiger partial charge on any atom is -0.492 e. The molecule has 1 atom stereocenters. The molecule has 0 saturated heterocycles. The van der Waals surface area contributed by atoms with Crippen LogP contribution in [0.25, 0.3) is 0 Å². The van der Waals surface area contributed by atoms with Crippen LogP contribution in [-0.2, 0) is 4.79 Å². The summed E-state index contributed by atoms with van der Waals surface area (Å²) in [5.41, 5.74) is 2.10. The molecule has 0 aliphatic heterocycles. The molecule has 0 aromatic heterocycles. The molecule has 0 aliphatic carbocycles. The Hall–Kier alpha value is -1.22. The van der Waals surface area contributed by atoms with Gasteiger partial charge in [-0.3, -0.25) is 0 Å². The van der Waals surface area contributed by atoms with Gasteiger partial charge in [-0.25, -0.2) is 0 Å². The van der Waals surface area contributed by atoms with Gasteiger partial charge in [0, 0.05) is 12.0 Å². The summed E-state index contributed by atoms with van der Waals surface area (Å²) in [4.78, 5) is 10.7. The highest BCUT2D eigenvalue weighted by molar-refractivity contribution is 6.32. The van der Waals surface area contributed by atoms with E-state index in [1.807, 2.05) is 13.0 Å². The number of benzene rings is 1. The molecule has 0 fully saturated rings. The lowest BCUT2D eigenvalue weighted by Gasteiger charge is -2.23. The van der Waals surface area contributed by atoms with Crippen molar-refractivity contribution in [3.63, 3.8) is 0 Å². The summed E-state index contributed by atoms with van der Waals surface area (Å²) >= 11 is 6.24. The Morgan fingerprint density at radius 1 is 1.21 bits per heavy atom. The third-order valence-corrected chi connectivity index (χ3v) is 3.51. The maximum atomic E-state index is 10.7. The minimum absolute atomic E-state index is 0.104. The van der Waals surface area contributed by atoms with Crippen molar-refractivity contribution in [2.75, 3.05) is 14.2 Å². The van der Waals surface area contributed by atoms with E-state index in [9.17, 15) is 4.79 Å². The summed E-state index contributed by atoms with van der Waals surface area (Å²) in [6.07, 6.45) is 1.39. The fourth-order valence-electron chi connectivity index (χ4n) is 2.31. The van der Waals surface area contributed by atoms with Crippen molar-refractivity contribution in [2.24, 2.45) is 0 Å². The van der Waals surface area contributed by atoms with Crippen molar-refractivity contribution < 1.29 is 14.3 Å². The number of hydrogen-bond donors (Lipinski definition) is 0. The molecule has 0 aliphatic rings. The maximum Gasteiger partial charge on any atom is 0.179 e. The third-order valence-electron chi connectivity index (χ3n) is 3.23. The Balaban J connectivity index is 3.54. The number of aldehydes is 1. The monoisotopic (exact) mass is 284 g/mol. The fraction of sp³-hybridized carbons (Fsp3) is 0.533. The maximum absolute atomic E-state index is 10.7. The fourth-order valence-corrected chi connectivity index (χ4v) is 2.59. The third kappa shape index (κ3) is 3.21. The molecule has 0 amide bonds. The highest BCUT2D eigenvalue weighted by atomic mass is 35.5. The Bertz CT molecular complexity index is 455. The van der Waals surface area contributed by atoms with E-state index in [0.717, 1.165) is 17.4 Å². The van der Waals surface area contributed by atoms with Gasteiger partial charge in [0.1, 0.15) is 6.29 Å². The van der Waals surface area contributed by atoms with Gasteiger partial charge < -0.3 is 14.3 Å². The van der Waals surface area contributed by atoms with Crippen molar-refractivity contribution in [3.8, 4) is 11.5 Å². The summed E-state index contributed by atoms with van der Waals surface area (Å²) in [6.45, 7) is 6.18. The average Bonchev–Trinajstić information content (AvgIpc) is 2.36. The van der Waals surface area contributed by atoms with Crippen molar-refractivity contribution in [2.45, 2.75) is 39.0 Å².